The molecule has 0 atom stereocenters. The van der Waals surface area contributed by atoms with Crippen molar-refractivity contribution in [3.8, 4) is 5.75 Å². The van der Waals surface area contributed by atoms with Crippen LogP contribution in [0.3, 0.4) is 0 Å². The maximum absolute atomic E-state index is 12.2. The number of halogens is 3. The molecule has 9 heteroatoms. The predicted molar refractivity (Wildman–Crippen MR) is 59.6 cm³/mol. The van der Waals surface area contributed by atoms with E-state index in [0.29, 0.717) is 0 Å². The molecule has 1 rings (SSSR count). The zero-order valence-electron chi connectivity index (χ0n) is 9.07. The lowest BCUT2D eigenvalue weighted by Crippen LogP contribution is -2.30. The van der Waals surface area contributed by atoms with Crippen LogP contribution >= 0.6 is 0 Å². The van der Waals surface area contributed by atoms with Crippen LogP contribution in [0.5, 0.6) is 5.75 Å². The van der Waals surface area contributed by atoms with E-state index in [1.54, 1.807) is 0 Å². The van der Waals surface area contributed by atoms with E-state index in [1.807, 2.05) is 0 Å². The van der Waals surface area contributed by atoms with Crippen molar-refractivity contribution in [2.75, 3.05) is 17.9 Å². The standard InChI is InChI=1S/C9H11F3N2O3S/c10-9(11,12)18(15,16)14-7-3-1-2-4-8(7)17-6-5-13/h1-4,14H,5-6,13H2. The van der Waals surface area contributed by atoms with Gasteiger partial charge in [0.05, 0.1) is 5.69 Å². The largest absolute Gasteiger partial charge is 0.516 e. The van der Waals surface area contributed by atoms with Crippen LogP contribution in [0.1, 0.15) is 0 Å². The summed E-state index contributed by atoms with van der Waals surface area (Å²) in [6.07, 6.45) is 0. The minimum absolute atomic E-state index is 0.0178. The van der Waals surface area contributed by atoms with Crippen LogP contribution < -0.4 is 15.2 Å². The molecule has 1 aromatic carbocycles. The van der Waals surface area contributed by atoms with Gasteiger partial charge in [-0.1, -0.05) is 12.1 Å². The van der Waals surface area contributed by atoms with Gasteiger partial charge in [-0.3, -0.25) is 4.72 Å². The number of sulfonamides is 1. The Morgan fingerprint density at radius 2 is 1.89 bits per heavy atom. The Morgan fingerprint density at radius 3 is 2.44 bits per heavy atom. The number of alkyl halides is 3. The second-order valence-electron chi connectivity index (χ2n) is 3.18. The third-order valence-corrected chi connectivity index (χ3v) is 2.91. The van der Waals surface area contributed by atoms with E-state index in [-0.39, 0.29) is 24.6 Å². The summed E-state index contributed by atoms with van der Waals surface area (Å²) in [5.74, 6) is -0.0178. The topological polar surface area (TPSA) is 81.4 Å². The number of hydrogen-bond donors (Lipinski definition) is 2. The van der Waals surface area contributed by atoms with Gasteiger partial charge in [0.2, 0.25) is 0 Å². The minimum Gasteiger partial charge on any atom is -0.490 e. The number of anilines is 1. The number of hydrogen-bond acceptors (Lipinski definition) is 4. The van der Waals surface area contributed by atoms with Crippen LogP contribution in [0.4, 0.5) is 18.9 Å². The van der Waals surface area contributed by atoms with Crippen LogP contribution in [0.25, 0.3) is 0 Å². The second-order valence-corrected chi connectivity index (χ2v) is 4.86. The third kappa shape index (κ3) is 3.50. The first-order valence-electron chi connectivity index (χ1n) is 4.79. The second kappa shape index (κ2) is 5.44. The SMILES string of the molecule is NCCOc1ccccc1NS(=O)(=O)C(F)(F)F. The minimum atomic E-state index is -5.46. The molecule has 0 amide bonds. The number of benzene rings is 1. The summed E-state index contributed by atoms with van der Waals surface area (Å²) < 4.78 is 64.9. The van der Waals surface area contributed by atoms with Crippen molar-refractivity contribution in [3.63, 3.8) is 0 Å². The van der Waals surface area contributed by atoms with Crippen LogP contribution in [-0.4, -0.2) is 27.1 Å². The average Bonchev–Trinajstić information content (AvgIpc) is 2.26. The van der Waals surface area contributed by atoms with Crippen LogP contribution in [0, 0.1) is 0 Å². The fourth-order valence-corrected chi connectivity index (χ4v) is 1.62. The Hall–Kier alpha value is -1.48. The number of nitrogens with one attached hydrogen (secondary N) is 1. The Labute approximate surface area is 102 Å². The number of para-hydroxylation sites is 2. The summed E-state index contributed by atoms with van der Waals surface area (Å²) in [4.78, 5) is 0. The molecule has 0 radical (unpaired) electrons. The molecule has 0 aliphatic rings. The summed E-state index contributed by atoms with van der Waals surface area (Å²) in [5.41, 5.74) is -0.490. The van der Waals surface area contributed by atoms with Crippen molar-refractivity contribution >= 4 is 15.7 Å². The van der Waals surface area contributed by atoms with Crippen molar-refractivity contribution in [2.45, 2.75) is 5.51 Å². The third-order valence-electron chi connectivity index (χ3n) is 1.81. The normalized spacial score (nSPS) is 12.2. The Morgan fingerprint density at radius 1 is 1.28 bits per heavy atom. The highest BCUT2D eigenvalue weighted by atomic mass is 32.2. The summed E-state index contributed by atoms with van der Waals surface area (Å²) in [6.45, 7) is 0.213. The van der Waals surface area contributed by atoms with Crippen molar-refractivity contribution in [3.05, 3.63) is 24.3 Å². The van der Waals surface area contributed by atoms with Gasteiger partial charge in [0.25, 0.3) is 0 Å². The van der Waals surface area contributed by atoms with Crippen LogP contribution in [0.2, 0.25) is 0 Å². The fraction of sp³-hybridized carbons (Fsp3) is 0.333. The summed E-state index contributed by atoms with van der Waals surface area (Å²) in [7, 11) is -5.46. The van der Waals surface area contributed by atoms with Crippen molar-refractivity contribution in [1.82, 2.24) is 0 Å². The quantitative estimate of drug-likeness (QED) is 0.853. The molecule has 0 saturated heterocycles. The summed E-state index contributed by atoms with van der Waals surface area (Å²) in [5, 5.41) is 0. The van der Waals surface area contributed by atoms with Crippen molar-refractivity contribution in [1.29, 1.82) is 0 Å². The van der Waals surface area contributed by atoms with E-state index < -0.39 is 15.5 Å². The molecule has 0 fully saturated rings. The predicted octanol–water partition coefficient (Wildman–Crippen LogP) is 1.29. The molecule has 5 nitrogen and oxygen atoms in total. The van der Waals surface area contributed by atoms with E-state index in [2.05, 4.69) is 0 Å². The van der Waals surface area contributed by atoms with E-state index >= 15 is 0 Å². The molecule has 0 bridgehead atoms. The van der Waals surface area contributed by atoms with Gasteiger partial charge in [0, 0.05) is 6.54 Å². The molecular weight excluding hydrogens is 273 g/mol. The zero-order valence-corrected chi connectivity index (χ0v) is 9.88. The highest BCUT2D eigenvalue weighted by molar-refractivity contribution is 7.93. The number of ether oxygens (including phenoxy) is 1. The molecule has 0 spiro atoms. The molecule has 0 saturated carbocycles. The highest BCUT2D eigenvalue weighted by Crippen LogP contribution is 2.30. The lowest BCUT2D eigenvalue weighted by molar-refractivity contribution is -0.0429. The van der Waals surface area contributed by atoms with Gasteiger partial charge in [-0.25, -0.2) is 0 Å². The van der Waals surface area contributed by atoms with E-state index in [9.17, 15) is 21.6 Å². The molecular formula is C9H11F3N2O3S. The Kier molecular flexibility index (Phi) is 4.41. The smallest absolute Gasteiger partial charge is 0.490 e. The van der Waals surface area contributed by atoms with Gasteiger partial charge in [0.1, 0.15) is 12.4 Å². The van der Waals surface area contributed by atoms with Gasteiger partial charge < -0.3 is 10.5 Å². The first kappa shape index (κ1) is 14.6. The maximum atomic E-state index is 12.2. The van der Waals surface area contributed by atoms with Crippen molar-refractivity contribution < 1.29 is 26.3 Å². The maximum Gasteiger partial charge on any atom is 0.516 e. The fourth-order valence-electron chi connectivity index (χ4n) is 1.05. The first-order chi connectivity index (χ1) is 8.28. The van der Waals surface area contributed by atoms with Gasteiger partial charge >= 0.3 is 15.5 Å². The highest BCUT2D eigenvalue weighted by Gasteiger charge is 2.46. The van der Waals surface area contributed by atoms with Crippen molar-refractivity contribution in [2.24, 2.45) is 5.73 Å². The summed E-state index contributed by atoms with van der Waals surface area (Å²) in [6, 6.07) is 5.37. The van der Waals surface area contributed by atoms with E-state index in [1.165, 1.54) is 22.9 Å². The molecule has 0 unspecified atom stereocenters. The Balaban J connectivity index is 2.98. The zero-order chi connectivity index (χ0) is 13.8. The molecule has 3 N–H and O–H groups in total. The van der Waals surface area contributed by atoms with Crippen LogP contribution in [0.15, 0.2) is 24.3 Å². The monoisotopic (exact) mass is 284 g/mol. The molecule has 18 heavy (non-hydrogen) atoms. The molecule has 0 aromatic heterocycles. The summed E-state index contributed by atoms with van der Waals surface area (Å²) >= 11 is 0. The lowest BCUT2D eigenvalue weighted by Gasteiger charge is -2.14. The van der Waals surface area contributed by atoms with Gasteiger partial charge in [-0.15, -0.1) is 0 Å². The molecule has 102 valence electrons. The van der Waals surface area contributed by atoms with Crippen LogP contribution in [-0.2, 0) is 10.0 Å². The van der Waals surface area contributed by atoms with E-state index in [4.69, 9.17) is 10.5 Å². The molecule has 0 aliphatic heterocycles. The molecule has 0 aliphatic carbocycles. The van der Waals surface area contributed by atoms with E-state index in [0.717, 1.165) is 6.07 Å². The number of rotatable bonds is 5. The average molecular weight is 284 g/mol. The van der Waals surface area contributed by atoms with Gasteiger partial charge in [0.15, 0.2) is 0 Å². The lowest BCUT2D eigenvalue weighted by atomic mass is 10.3. The number of nitrogens with two attached hydrogens (primary N) is 1. The van der Waals surface area contributed by atoms with Gasteiger partial charge in [-0.2, -0.15) is 21.6 Å². The Bertz CT molecular complexity index is 502. The molecule has 1 aromatic rings. The first-order valence-corrected chi connectivity index (χ1v) is 6.27. The van der Waals surface area contributed by atoms with Gasteiger partial charge in [-0.05, 0) is 12.1 Å². The molecule has 0 heterocycles.